The first-order valence-corrected chi connectivity index (χ1v) is 5.94. The SMILES string of the molecule is CCCC(CCC)C(=O)N[C@@H](C)C(=O)OC. The van der Waals surface area contributed by atoms with Crippen LogP contribution in [0.2, 0.25) is 0 Å². The highest BCUT2D eigenvalue weighted by Gasteiger charge is 2.21. The third-order valence-electron chi connectivity index (χ3n) is 2.56. The monoisotopic (exact) mass is 229 g/mol. The number of esters is 1. The van der Waals surface area contributed by atoms with Gasteiger partial charge in [0.15, 0.2) is 0 Å². The number of carbonyl (C=O) groups excluding carboxylic acids is 2. The van der Waals surface area contributed by atoms with Gasteiger partial charge in [0.05, 0.1) is 7.11 Å². The third-order valence-corrected chi connectivity index (χ3v) is 2.56. The van der Waals surface area contributed by atoms with Crippen molar-refractivity contribution in [3.8, 4) is 0 Å². The van der Waals surface area contributed by atoms with E-state index in [1.54, 1.807) is 6.92 Å². The van der Waals surface area contributed by atoms with Crippen molar-refractivity contribution in [3.05, 3.63) is 0 Å². The van der Waals surface area contributed by atoms with Crippen LogP contribution in [0.5, 0.6) is 0 Å². The summed E-state index contributed by atoms with van der Waals surface area (Å²) in [4.78, 5) is 23.0. The lowest BCUT2D eigenvalue weighted by Crippen LogP contribution is -2.42. The van der Waals surface area contributed by atoms with Crippen molar-refractivity contribution in [2.45, 2.75) is 52.5 Å². The highest BCUT2D eigenvalue weighted by atomic mass is 16.5. The van der Waals surface area contributed by atoms with Crippen LogP contribution in [0, 0.1) is 5.92 Å². The quantitative estimate of drug-likeness (QED) is 0.678. The summed E-state index contributed by atoms with van der Waals surface area (Å²) in [6.45, 7) is 5.75. The number of carbonyl (C=O) groups is 2. The Morgan fingerprint density at radius 2 is 1.69 bits per heavy atom. The molecule has 16 heavy (non-hydrogen) atoms. The third kappa shape index (κ3) is 5.14. The smallest absolute Gasteiger partial charge is 0.328 e. The fraction of sp³-hybridized carbons (Fsp3) is 0.833. The molecule has 0 saturated heterocycles. The van der Waals surface area contributed by atoms with Gasteiger partial charge in [0.25, 0.3) is 0 Å². The van der Waals surface area contributed by atoms with Crippen LogP contribution in [-0.2, 0) is 14.3 Å². The summed E-state index contributed by atoms with van der Waals surface area (Å²) < 4.78 is 4.56. The number of ether oxygens (including phenoxy) is 1. The molecule has 1 N–H and O–H groups in total. The second-order valence-electron chi connectivity index (χ2n) is 4.03. The highest BCUT2D eigenvalue weighted by molar-refractivity contribution is 5.85. The highest BCUT2D eigenvalue weighted by Crippen LogP contribution is 2.13. The molecule has 0 aliphatic carbocycles. The summed E-state index contributed by atoms with van der Waals surface area (Å²) in [7, 11) is 1.32. The van der Waals surface area contributed by atoms with Crippen LogP contribution in [0.15, 0.2) is 0 Å². The van der Waals surface area contributed by atoms with E-state index in [1.165, 1.54) is 7.11 Å². The first-order chi connectivity index (χ1) is 7.56. The maximum absolute atomic E-state index is 11.8. The van der Waals surface area contributed by atoms with Gasteiger partial charge in [0, 0.05) is 5.92 Å². The molecular formula is C12H23NO3. The van der Waals surface area contributed by atoms with Gasteiger partial charge in [-0.25, -0.2) is 4.79 Å². The van der Waals surface area contributed by atoms with Crippen molar-refractivity contribution in [3.63, 3.8) is 0 Å². The molecule has 0 spiro atoms. The van der Waals surface area contributed by atoms with Crippen LogP contribution in [0.4, 0.5) is 0 Å². The van der Waals surface area contributed by atoms with Gasteiger partial charge in [-0.2, -0.15) is 0 Å². The Morgan fingerprint density at radius 3 is 2.06 bits per heavy atom. The predicted molar refractivity (Wildman–Crippen MR) is 62.9 cm³/mol. The Bertz CT molecular complexity index is 222. The van der Waals surface area contributed by atoms with Crippen LogP contribution in [0.1, 0.15) is 46.5 Å². The van der Waals surface area contributed by atoms with E-state index in [4.69, 9.17) is 0 Å². The van der Waals surface area contributed by atoms with Gasteiger partial charge in [-0.05, 0) is 19.8 Å². The molecule has 0 rings (SSSR count). The molecule has 0 saturated carbocycles. The number of methoxy groups -OCH3 is 1. The van der Waals surface area contributed by atoms with Crippen LogP contribution in [0.25, 0.3) is 0 Å². The number of hydrogen-bond donors (Lipinski definition) is 1. The zero-order valence-corrected chi connectivity index (χ0v) is 10.7. The molecule has 0 radical (unpaired) electrons. The Morgan fingerprint density at radius 1 is 1.19 bits per heavy atom. The molecule has 0 aliphatic heterocycles. The molecule has 0 fully saturated rings. The number of nitrogens with one attached hydrogen (secondary N) is 1. The number of rotatable bonds is 7. The zero-order chi connectivity index (χ0) is 12.6. The van der Waals surface area contributed by atoms with E-state index in [0.717, 1.165) is 25.7 Å². The molecule has 0 aromatic heterocycles. The van der Waals surface area contributed by atoms with E-state index in [-0.39, 0.29) is 11.8 Å². The molecule has 94 valence electrons. The minimum absolute atomic E-state index is 0.0158. The van der Waals surface area contributed by atoms with Crippen molar-refractivity contribution in [1.82, 2.24) is 5.32 Å². The molecule has 0 bridgehead atoms. The zero-order valence-electron chi connectivity index (χ0n) is 10.7. The number of amides is 1. The van der Waals surface area contributed by atoms with Gasteiger partial charge in [-0.3, -0.25) is 4.79 Å². The summed E-state index contributed by atoms with van der Waals surface area (Å²) >= 11 is 0. The molecule has 0 aromatic rings. The molecule has 1 amide bonds. The van der Waals surface area contributed by atoms with Crippen LogP contribution >= 0.6 is 0 Å². The van der Waals surface area contributed by atoms with Crippen LogP contribution in [-0.4, -0.2) is 25.0 Å². The largest absolute Gasteiger partial charge is 0.467 e. The maximum Gasteiger partial charge on any atom is 0.328 e. The van der Waals surface area contributed by atoms with Gasteiger partial charge < -0.3 is 10.1 Å². The van der Waals surface area contributed by atoms with Gasteiger partial charge in [-0.15, -0.1) is 0 Å². The molecule has 0 heterocycles. The topological polar surface area (TPSA) is 55.4 Å². The second-order valence-corrected chi connectivity index (χ2v) is 4.03. The van der Waals surface area contributed by atoms with E-state index < -0.39 is 12.0 Å². The molecular weight excluding hydrogens is 206 g/mol. The first-order valence-electron chi connectivity index (χ1n) is 5.94. The lowest BCUT2D eigenvalue weighted by Gasteiger charge is -2.18. The summed E-state index contributed by atoms with van der Waals surface area (Å²) in [5, 5.41) is 2.69. The van der Waals surface area contributed by atoms with Gasteiger partial charge >= 0.3 is 5.97 Å². The Hall–Kier alpha value is -1.06. The summed E-state index contributed by atoms with van der Waals surface area (Å²) in [6, 6.07) is -0.561. The molecule has 0 unspecified atom stereocenters. The molecule has 4 heteroatoms. The Kier molecular flexibility index (Phi) is 7.60. The summed E-state index contributed by atoms with van der Waals surface area (Å²) in [5.41, 5.74) is 0. The van der Waals surface area contributed by atoms with E-state index in [9.17, 15) is 9.59 Å². The van der Waals surface area contributed by atoms with E-state index in [0.29, 0.717) is 0 Å². The fourth-order valence-electron chi connectivity index (χ4n) is 1.67. The molecule has 0 aliphatic rings. The fourth-order valence-corrected chi connectivity index (χ4v) is 1.67. The van der Waals surface area contributed by atoms with E-state index in [1.807, 2.05) is 0 Å². The van der Waals surface area contributed by atoms with Crippen molar-refractivity contribution >= 4 is 11.9 Å². The standard InChI is InChI=1S/C12H23NO3/c1-5-7-10(8-6-2)11(14)13-9(3)12(15)16-4/h9-10H,5-8H2,1-4H3,(H,13,14)/t9-/m0/s1. The van der Waals surface area contributed by atoms with Gasteiger partial charge in [0.1, 0.15) is 6.04 Å². The minimum atomic E-state index is -0.561. The molecule has 0 aromatic carbocycles. The van der Waals surface area contributed by atoms with Crippen molar-refractivity contribution in [1.29, 1.82) is 0 Å². The summed E-state index contributed by atoms with van der Waals surface area (Å²) in [5.74, 6) is -0.427. The maximum atomic E-state index is 11.8. The second kappa shape index (κ2) is 8.13. The minimum Gasteiger partial charge on any atom is -0.467 e. The van der Waals surface area contributed by atoms with Gasteiger partial charge in [0.2, 0.25) is 5.91 Å². The summed E-state index contributed by atoms with van der Waals surface area (Å²) in [6.07, 6.45) is 3.69. The van der Waals surface area contributed by atoms with Crippen molar-refractivity contribution in [2.24, 2.45) is 5.92 Å². The average molecular weight is 229 g/mol. The van der Waals surface area contributed by atoms with Crippen molar-refractivity contribution in [2.75, 3.05) is 7.11 Å². The number of hydrogen-bond acceptors (Lipinski definition) is 3. The molecule has 4 nitrogen and oxygen atoms in total. The van der Waals surface area contributed by atoms with E-state index >= 15 is 0 Å². The van der Waals surface area contributed by atoms with Crippen LogP contribution < -0.4 is 5.32 Å². The molecule has 1 atom stereocenters. The van der Waals surface area contributed by atoms with E-state index in [2.05, 4.69) is 23.9 Å². The lowest BCUT2D eigenvalue weighted by molar-refractivity contribution is -0.145. The van der Waals surface area contributed by atoms with Gasteiger partial charge in [-0.1, -0.05) is 26.7 Å². The first kappa shape index (κ1) is 14.9. The van der Waals surface area contributed by atoms with Crippen LogP contribution in [0.3, 0.4) is 0 Å². The average Bonchev–Trinajstić information content (AvgIpc) is 2.27. The lowest BCUT2D eigenvalue weighted by atomic mass is 9.97. The normalized spacial score (nSPS) is 12.3. The predicted octanol–water partition coefficient (Wildman–Crippen LogP) is 1.88. The Labute approximate surface area is 97.7 Å². The Balaban J connectivity index is 4.23. The van der Waals surface area contributed by atoms with Crippen molar-refractivity contribution < 1.29 is 14.3 Å².